The van der Waals surface area contributed by atoms with Gasteiger partial charge in [0.25, 0.3) is 5.56 Å². The monoisotopic (exact) mass is 340 g/mol. The lowest BCUT2D eigenvalue weighted by Gasteiger charge is -2.23. The van der Waals surface area contributed by atoms with Crippen molar-refractivity contribution >= 4 is 23.2 Å². The van der Waals surface area contributed by atoms with Gasteiger partial charge in [0, 0.05) is 31.5 Å². The summed E-state index contributed by atoms with van der Waals surface area (Å²) in [4.78, 5) is 14.7. The molecule has 2 aromatic rings. The van der Waals surface area contributed by atoms with E-state index in [1.54, 1.807) is 25.3 Å². The Kier molecular flexibility index (Phi) is 6.16. The van der Waals surface area contributed by atoms with Crippen molar-refractivity contribution in [2.24, 2.45) is 0 Å². The van der Waals surface area contributed by atoms with Crippen LogP contribution in [-0.4, -0.2) is 42.5 Å². The van der Waals surface area contributed by atoms with Crippen molar-refractivity contribution in [2.45, 2.75) is 25.3 Å². The maximum atomic E-state index is 14.2. The molecule has 3 rings (SSSR count). The summed E-state index contributed by atoms with van der Waals surface area (Å²) in [5.74, 6) is 0. The van der Waals surface area contributed by atoms with Crippen LogP contribution in [0.1, 0.15) is 18.5 Å². The molecule has 1 fully saturated rings. The summed E-state index contributed by atoms with van der Waals surface area (Å²) in [6, 6.07) is 9.31. The summed E-state index contributed by atoms with van der Waals surface area (Å²) in [5.41, 5.74) is -0.130. The predicted molar refractivity (Wildman–Crippen MR) is 92.1 cm³/mol. The van der Waals surface area contributed by atoms with Crippen molar-refractivity contribution in [3.05, 3.63) is 46.4 Å². The predicted octanol–water partition coefficient (Wildman–Crippen LogP) is 2.81. The Balaban J connectivity index is 0.00000192. The number of aromatic nitrogens is 1. The second-order valence-electron chi connectivity index (χ2n) is 5.85. The van der Waals surface area contributed by atoms with Crippen molar-refractivity contribution in [2.75, 3.05) is 26.8 Å². The lowest BCUT2D eigenvalue weighted by molar-refractivity contribution is 0.115. The van der Waals surface area contributed by atoms with E-state index in [2.05, 4.69) is 4.90 Å². The molecule has 2 heterocycles. The molecule has 1 saturated heterocycles. The van der Waals surface area contributed by atoms with Gasteiger partial charge in [-0.25, -0.2) is 0 Å². The minimum absolute atomic E-state index is 0. The van der Waals surface area contributed by atoms with Crippen LogP contribution in [0.25, 0.3) is 10.8 Å². The van der Waals surface area contributed by atoms with Gasteiger partial charge in [0.05, 0.1) is 12.3 Å². The summed E-state index contributed by atoms with van der Waals surface area (Å²) in [6.45, 7) is 2.47. The van der Waals surface area contributed by atoms with Crippen LogP contribution in [0.5, 0.6) is 0 Å². The van der Waals surface area contributed by atoms with Crippen LogP contribution in [0, 0.1) is 0 Å². The van der Waals surface area contributed by atoms with Crippen molar-refractivity contribution in [1.82, 2.24) is 9.69 Å². The summed E-state index contributed by atoms with van der Waals surface area (Å²) in [7, 11) is 1.71. The van der Waals surface area contributed by atoms with Gasteiger partial charge in [0.15, 0.2) is 0 Å². The number of hydrogen-bond acceptors (Lipinski definition) is 3. The number of fused-ring (bicyclic) bond motifs is 1. The molecule has 126 valence electrons. The smallest absolute Gasteiger partial charge is 0.286 e. The Hall–Kier alpha value is -1.43. The lowest BCUT2D eigenvalue weighted by atomic mass is 10.1. The summed E-state index contributed by atoms with van der Waals surface area (Å²) < 4.78 is 19.4. The molecule has 1 aromatic heterocycles. The van der Waals surface area contributed by atoms with E-state index in [-0.39, 0.29) is 12.4 Å². The first-order chi connectivity index (χ1) is 10.7. The molecule has 0 saturated carbocycles. The number of nitrogens with zero attached hydrogens (tertiary/aromatic N) is 2. The Morgan fingerprint density at radius 1 is 1.35 bits per heavy atom. The molecular weight excluding hydrogens is 319 g/mol. The quantitative estimate of drug-likeness (QED) is 0.839. The average molecular weight is 341 g/mol. The second-order valence-corrected chi connectivity index (χ2v) is 5.85. The highest BCUT2D eigenvalue weighted by molar-refractivity contribution is 5.85. The zero-order valence-corrected chi connectivity index (χ0v) is 14.0. The third-order valence-corrected chi connectivity index (χ3v) is 4.46. The topological polar surface area (TPSA) is 34.5 Å². The van der Waals surface area contributed by atoms with Crippen molar-refractivity contribution in [3.8, 4) is 0 Å². The molecule has 0 bridgehead atoms. The molecule has 0 aliphatic carbocycles. The zero-order valence-electron chi connectivity index (χ0n) is 13.2. The SMILES string of the molecule is COCC1CCCN1CCc1cc2ccccc2c(=O)n1F.Cl. The first-order valence-corrected chi connectivity index (χ1v) is 7.73. The van der Waals surface area contributed by atoms with E-state index in [4.69, 9.17) is 4.74 Å². The Bertz CT molecular complexity index is 719. The van der Waals surface area contributed by atoms with Gasteiger partial charge in [0.2, 0.25) is 0 Å². The molecule has 1 unspecified atom stereocenters. The number of hydrogen-bond donors (Lipinski definition) is 0. The minimum Gasteiger partial charge on any atom is -0.383 e. The fourth-order valence-corrected chi connectivity index (χ4v) is 3.29. The largest absolute Gasteiger partial charge is 0.383 e. The molecule has 1 aromatic carbocycles. The van der Waals surface area contributed by atoms with Crippen LogP contribution in [0.2, 0.25) is 0 Å². The third kappa shape index (κ3) is 3.74. The highest BCUT2D eigenvalue weighted by Crippen LogP contribution is 2.19. The zero-order chi connectivity index (χ0) is 15.5. The standard InChI is InChI=1S/C17H21FN2O2.ClH/c1-22-12-15-6-4-9-19(15)10-8-14-11-13-5-2-3-7-16(13)17(21)20(14)18;/h2-3,5,7,11,15H,4,6,8-10,12H2,1H3;1H. The molecule has 0 amide bonds. The Morgan fingerprint density at radius 3 is 2.91 bits per heavy atom. The van der Waals surface area contributed by atoms with Crippen molar-refractivity contribution in [1.29, 1.82) is 0 Å². The number of methoxy groups -OCH3 is 1. The summed E-state index contributed by atoms with van der Waals surface area (Å²) in [6.07, 6.45) is 2.79. The fraction of sp³-hybridized carbons (Fsp3) is 0.471. The van der Waals surface area contributed by atoms with Crippen LogP contribution in [0.4, 0.5) is 4.48 Å². The fourth-order valence-electron chi connectivity index (χ4n) is 3.29. The minimum atomic E-state index is -0.567. The van der Waals surface area contributed by atoms with Gasteiger partial charge in [-0.05, 0) is 36.9 Å². The van der Waals surface area contributed by atoms with Crippen LogP contribution >= 0.6 is 12.4 Å². The molecule has 1 atom stereocenters. The number of ether oxygens (including phenoxy) is 1. The van der Waals surface area contributed by atoms with Crippen LogP contribution < -0.4 is 5.56 Å². The van der Waals surface area contributed by atoms with Gasteiger partial charge in [-0.3, -0.25) is 9.69 Å². The van der Waals surface area contributed by atoms with E-state index >= 15 is 0 Å². The highest BCUT2D eigenvalue weighted by Gasteiger charge is 2.24. The maximum Gasteiger partial charge on any atom is 0.286 e. The van der Waals surface area contributed by atoms with Crippen molar-refractivity contribution in [3.63, 3.8) is 0 Å². The first-order valence-electron chi connectivity index (χ1n) is 7.73. The van der Waals surface area contributed by atoms with Gasteiger partial charge in [-0.1, -0.05) is 22.7 Å². The van der Waals surface area contributed by atoms with E-state index < -0.39 is 5.56 Å². The first kappa shape index (κ1) is 17.9. The van der Waals surface area contributed by atoms with Gasteiger partial charge in [-0.2, -0.15) is 0 Å². The molecule has 6 heteroatoms. The van der Waals surface area contributed by atoms with Gasteiger partial charge in [0.1, 0.15) is 0 Å². The number of rotatable bonds is 5. The summed E-state index contributed by atoms with van der Waals surface area (Å²) in [5, 5.41) is 1.22. The van der Waals surface area contributed by atoms with Crippen molar-refractivity contribution < 1.29 is 9.22 Å². The average Bonchev–Trinajstić information content (AvgIpc) is 2.97. The van der Waals surface area contributed by atoms with Gasteiger partial charge < -0.3 is 4.74 Å². The lowest BCUT2D eigenvalue weighted by Crippen LogP contribution is -2.35. The van der Waals surface area contributed by atoms with Gasteiger partial charge in [-0.15, -0.1) is 17.2 Å². The number of benzene rings is 1. The van der Waals surface area contributed by atoms with Gasteiger partial charge >= 0.3 is 0 Å². The summed E-state index contributed by atoms with van der Waals surface area (Å²) >= 11 is 0. The van der Waals surface area contributed by atoms with Crippen LogP contribution in [0.3, 0.4) is 0 Å². The number of halogens is 2. The molecular formula is C17H22ClFN2O2. The third-order valence-electron chi connectivity index (χ3n) is 4.46. The molecule has 4 nitrogen and oxygen atoms in total. The van der Waals surface area contributed by atoms with E-state index in [0.717, 1.165) is 31.3 Å². The maximum absolute atomic E-state index is 14.2. The normalized spacial score (nSPS) is 18.3. The Morgan fingerprint density at radius 2 is 2.13 bits per heavy atom. The van der Waals surface area contributed by atoms with E-state index in [0.29, 0.717) is 34.9 Å². The number of likely N-dealkylation sites (tertiary alicyclic amines) is 1. The molecule has 1 aliphatic heterocycles. The molecule has 0 spiro atoms. The van der Waals surface area contributed by atoms with E-state index in [1.807, 2.05) is 12.1 Å². The Labute approximate surface area is 141 Å². The number of pyridine rings is 1. The molecule has 1 aliphatic rings. The van der Waals surface area contributed by atoms with Crippen LogP contribution in [-0.2, 0) is 11.2 Å². The van der Waals surface area contributed by atoms with E-state index in [9.17, 15) is 9.28 Å². The van der Waals surface area contributed by atoms with Crippen LogP contribution in [0.15, 0.2) is 35.1 Å². The highest BCUT2D eigenvalue weighted by atomic mass is 35.5. The second kappa shape index (κ2) is 7.90. The molecule has 0 radical (unpaired) electrons. The molecule has 0 N–H and O–H groups in total. The molecule has 23 heavy (non-hydrogen) atoms. The van der Waals surface area contributed by atoms with E-state index in [1.165, 1.54) is 0 Å².